The second-order valence-electron chi connectivity index (χ2n) is 4.85. The molecule has 0 spiro atoms. The van der Waals surface area contributed by atoms with Gasteiger partial charge in [0.25, 0.3) is 0 Å². The number of hydrogen-bond donors (Lipinski definition) is 1. The summed E-state index contributed by atoms with van der Waals surface area (Å²) in [7, 11) is -3.20. The normalized spacial score (nSPS) is 13.1. The summed E-state index contributed by atoms with van der Waals surface area (Å²) in [6.45, 7) is 1.90. The molecule has 0 fully saturated rings. The maximum Gasteiger partial charge on any atom is 0.178 e. The van der Waals surface area contributed by atoms with Gasteiger partial charge in [0.2, 0.25) is 0 Å². The summed E-state index contributed by atoms with van der Waals surface area (Å²) >= 11 is 4.22. The van der Waals surface area contributed by atoms with E-state index in [0.29, 0.717) is 11.3 Å². The van der Waals surface area contributed by atoms with Crippen LogP contribution in [0.25, 0.3) is 11.1 Å². The van der Waals surface area contributed by atoms with Crippen molar-refractivity contribution in [2.45, 2.75) is 23.5 Å². The molecule has 2 aromatic rings. The molecule has 2 rings (SSSR count). The molecule has 0 bridgehead atoms. The van der Waals surface area contributed by atoms with E-state index >= 15 is 0 Å². The van der Waals surface area contributed by atoms with E-state index < -0.39 is 9.84 Å². The van der Waals surface area contributed by atoms with Crippen LogP contribution in [0.2, 0.25) is 0 Å². The van der Waals surface area contributed by atoms with E-state index in [2.05, 4.69) is 12.6 Å². The van der Waals surface area contributed by atoms with Crippen molar-refractivity contribution in [3.05, 3.63) is 54.6 Å². The molecule has 0 saturated carbocycles. The van der Waals surface area contributed by atoms with Crippen LogP contribution in [0.4, 0.5) is 0 Å². The Morgan fingerprint density at radius 2 is 1.50 bits per heavy atom. The van der Waals surface area contributed by atoms with Crippen molar-refractivity contribution in [1.82, 2.24) is 0 Å². The Morgan fingerprint density at radius 3 is 2.05 bits per heavy atom. The van der Waals surface area contributed by atoms with E-state index in [4.69, 9.17) is 0 Å². The van der Waals surface area contributed by atoms with Crippen molar-refractivity contribution in [1.29, 1.82) is 0 Å². The molecule has 2 nitrogen and oxygen atoms in total. The minimum absolute atomic E-state index is 0.0911. The van der Waals surface area contributed by atoms with Crippen LogP contribution in [0, 0.1) is 0 Å². The fraction of sp³-hybridized carbons (Fsp3) is 0.250. The van der Waals surface area contributed by atoms with E-state index in [9.17, 15) is 8.42 Å². The predicted molar refractivity (Wildman–Crippen MR) is 87.0 cm³/mol. The minimum atomic E-state index is -3.20. The fourth-order valence-corrected chi connectivity index (χ4v) is 3.68. The smallest absolute Gasteiger partial charge is 0.178 e. The zero-order valence-electron chi connectivity index (χ0n) is 11.4. The van der Waals surface area contributed by atoms with Crippen LogP contribution >= 0.6 is 12.6 Å². The third kappa shape index (κ3) is 3.87. The molecule has 0 aliphatic rings. The van der Waals surface area contributed by atoms with Crippen LogP contribution in [-0.2, 0) is 9.84 Å². The van der Waals surface area contributed by atoms with Gasteiger partial charge in [-0.2, -0.15) is 12.6 Å². The lowest BCUT2D eigenvalue weighted by Gasteiger charge is -2.07. The zero-order chi connectivity index (χ0) is 14.6. The average molecular weight is 306 g/mol. The Labute approximate surface area is 126 Å². The maximum atomic E-state index is 12.2. The molecule has 4 heteroatoms. The molecule has 0 saturated heterocycles. The monoisotopic (exact) mass is 306 g/mol. The molecular formula is C16H18O2S2. The van der Waals surface area contributed by atoms with Crippen molar-refractivity contribution in [3.8, 4) is 11.1 Å². The molecule has 106 valence electrons. The number of rotatable bonds is 5. The van der Waals surface area contributed by atoms with Gasteiger partial charge in [-0.1, -0.05) is 49.4 Å². The predicted octanol–water partition coefficient (Wildman–Crippen LogP) is 3.84. The first-order valence-corrected chi connectivity index (χ1v) is 8.72. The van der Waals surface area contributed by atoms with Gasteiger partial charge in [0, 0.05) is 0 Å². The summed E-state index contributed by atoms with van der Waals surface area (Å²) in [5, 5.41) is 0.0911. The highest BCUT2D eigenvalue weighted by atomic mass is 32.2. The molecule has 0 N–H and O–H groups in total. The van der Waals surface area contributed by atoms with Crippen molar-refractivity contribution < 1.29 is 8.42 Å². The van der Waals surface area contributed by atoms with Crippen LogP contribution < -0.4 is 0 Å². The minimum Gasteiger partial charge on any atom is -0.224 e. The first kappa shape index (κ1) is 15.1. The van der Waals surface area contributed by atoms with Crippen LogP contribution in [0.3, 0.4) is 0 Å². The van der Waals surface area contributed by atoms with Gasteiger partial charge in [0.15, 0.2) is 9.84 Å². The van der Waals surface area contributed by atoms with E-state index in [1.165, 1.54) is 0 Å². The standard InChI is InChI=1S/C16H18O2S2/c1-13(19)11-12-20(17,18)16-9-7-15(8-10-16)14-5-3-2-4-6-14/h2-10,13,19H,11-12H2,1H3. The van der Waals surface area contributed by atoms with Crippen LogP contribution in [0.1, 0.15) is 13.3 Å². The first-order chi connectivity index (χ1) is 9.49. The molecule has 0 amide bonds. The van der Waals surface area contributed by atoms with E-state index in [1.807, 2.05) is 49.4 Å². The van der Waals surface area contributed by atoms with Crippen LogP contribution in [0.15, 0.2) is 59.5 Å². The van der Waals surface area contributed by atoms with Crippen molar-refractivity contribution >= 4 is 22.5 Å². The third-order valence-corrected chi connectivity index (χ3v) is 5.15. The Kier molecular flexibility index (Phi) is 4.89. The molecule has 1 unspecified atom stereocenters. The van der Waals surface area contributed by atoms with E-state index in [0.717, 1.165) is 11.1 Å². The molecule has 0 aromatic heterocycles. The van der Waals surface area contributed by atoms with Gasteiger partial charge in [-0.05, 0) is 34.9 Å². The van der Waals surface area contributed by atoms with Gasteiger partial charge in [-0.3, -0.25) is 0 Å². The average Bonchev–Trinajstić information content (AvgIpc) is 2.46. The molecule has 0 aliphatic heterocycles. The van der Waals surface area contributed by atoms with Crippen molar-refractivity contribution in [2.24, 2.45) is 0 Å². The highest BCUT2D eigenvalue weighted by Crippen LogP contribution is 2.22. The summed E-state index contributed by atoms with van der Waals surface area (Å²) in [6, 6.07) is 17.0. The lowest BCUT2D eigenvalue weighted by atomic mass is 10.1. The summed E-state index contributed by atoms with van der Waals surface area (Å²) < 4.78 is 24.3. The molecule has 0 aliphatic carbocycles. The summed E-state index contributed by atoms with van der Waals surface area (Å²) in [4.78, 5) is 0.381. The summed E-state index contributed by atoms with van der Waals surface area (Å²) in [5.74, 6) is 0.141. The topological polar surface area (TPSA) is 34.1 Å². The Bertz CT molecular complexity index is 645. The van der Waals surface area contributed by atoms with E-state index in [-0.39, 0.29) is 11.0 Å². The first-order valence-electron chi connectivity index (χ1n) is 6.55. The lowest BCUT2D eigenvalue weighted by molar-refractivity contribution is 0.593. The Balaban J connectivity index is 2.20. The van der Waals surface area contributed by atoms with Gasteiger partial charge in [0.05, 0.1) is 10.6 Å². The molecular weight excluding hydrogens is 288 g/mol. The van der Waals surface area contributed by atoms with Crippen LogP contribution in [0.5, 0.6) is 0 Å². The van der Waals surface area contributed by atoms with Gasteiger partial charge in [0.1, 0.15) is 0 Å². The Hall–Kier alpha value is -1.26. The molecule has 0 radical (unpaired) electrons. The maximum absolute atomic E-state index is 12.2. The SMILES string of the molecule is CC(S)CCS(=O)(=O)c1ccc(-c2ccccc2)cc1. The molecule has 20 heavy (non-hydrogen) atoms. The third-order valence-electron chi connectivity index (χ3n) is 3.12. The highest BCUT2D eigenvalue weighted by Gasteiger charge is 2.15. The summed E-state index contributed by atoms with van der Waals surface area (Å²) in [6.07, 6.45) is 0.561. The highest BCUT2D eigenvalue weighted by molar-refractivity contribution is 7.91. The van der Waals surface area contributed by atoms with E-state index in [1.54, 1.807) is 12.1 Å². The number of benzene rings is 2. The lowest BCUT2D eigenvalue weighted by Crippen LogP contribution is -2.10. The van der Waals surface area contributed by atoms with Gasteiger partial charge < -0.3 is 0 Å². The second-order valence-corrected chi connectivity index (χ2v) is 7.84. The Morgan fingerprint density at radius 1 is 0.950 bits per heavy atom. The molecule has 1 atom stereocenters. The van der Waals surface area contributed by atoms with Crippen molar-refractivity contribution in [2.75, 3.05) is 5.75 Å². The molecule has 0 heterocycles. The molecule has 2 aromatic carbocycles. The van der Waals surface area contributed by atoms with Crippen molar-refractivity contribution in [3.63, 3.8) is 0 Å². The zero-order valence-corrected chi connectivity index (χ0v) is 13.1. The second kappa shape index (κ2) is 6.46. The van der Waals surface area contributed by atoms with Crippen LogP contribution in [-0.4, -0.2) is 19.4 Å². The number of hydrogen-bond acceptors (Lipinski definition) is 3. The fourth-order valence-electron chi connectivity index (χ4n) is 1.93. The quantitative estimate of drug-likeness (QED) is 0.852. The van der Waals surface area contributed by atoms with Gasteiger partial charge >= 0.3 is 0 Å². The van der Waals surface area contributed by atoms with Gasteiger partial charge in [-0.25, -0.2) is 8.42 Å². The number of thiol groups is 1. The summed E-state index contributed by atoms with van der Waals surface area (Å²) in [5.41, 5.74) is 2.10. The largest absolute Gasteiger partial charge is 0.224 e. The van der Waals surface area contributed by atoms with Gasteiger partial charge in [-0.15, -0.1) is 0 Å². The number of sulfone groups is 1.